The Kier molecular flexibility index (Phi) is 5.37. The number of aliphatic hydroxyl groups excluding tert-OH is 2. The number of carbonyl (C=O) groups is 1. The highest BCUT2D eigenvalue weighted by atomic mass is 16.3. The summed E-state index contributed by atoms with van der Waals surface area (Å²) in [6, 6.07) is 7.74. The van der Waals surface area contributed by atoms with Crippen molar-refractivity contribution in [3.05, 3.63) is 35.4 Å². The van der Waals surface area contributed by atoms with E-state index in [-0.39, 0.29) is 18.4 Å². The maximum atomic E-state index is 12.4. The van der Waals surface area contributed by atoms with Crippen molar-refractivity contribution in [3.63, 3.8) is 0 Å². The largest absolute Gasteiger partial charge is 0.396 e. The fourth-order valence-corrected chi connectivity index (χ4v) is 2.82. The summed E-state index contributed by atoms with van der Waals surface area (Å²) >= 11 is 0. The third kappa shape index (κ3) is 4.05. The number of piperidine rings is 1. The average molecular weight is 291 g/mol. The lowest BCUT2D eigenvalue weighted by Gasteiger charge is -2.35. The van der Waals surface area contributed by atoms with Crippen molar-refractivity contribution in [3.8, 4) is 0 Å². The smallest absolute Gasteiger partial charge is 0.253 e. The lowest BCUT2D eigenvalue weighted by molar-refractivity contribution is 0.000876. The monoisotopic (exact) mass is 291 g/mol. The molecule has 0 aliphatic carbocycles. The van der Waals surface area contributed by atoms with Gasteiger partial charge >= 0.3 is 0 Å². The van der Waals surface area contributed by atoms with Gasteiger partial charge in [-0.05, 0) is 36.5 Å². The van der Waals surface area contributed by atoms with Gasteiger partial charge in [0.05, 0.1) is 6.10 Å². The first kappa shape index (κ1) is 16.0. The molecule has 0 radical (unpaired) electrons. The van der Waals surface area contributed by atoms with Gasteiger partial charge in [0.1, 0.15) is 0 Å². The third-order valence-corrected chi connectivity index (χ3v) is 4.09. The molecule has 1 saturated heterocycles. The van der Waals surface area contributed by atoms with Gasteiger partial charge in [-0.1, -0.05) is 26.0 Å². The van der Waals surface area contributed by atoms with Crippen LogP contribution in [0.5, 0.6) is 0 Å². The van der Waals surface area contributed by atoms with E-state index in [4.69, 9.17) is 5.11 Å². The van der Waals surface area contributed by atoms with Crippen LogP contribution in [0.3, 0.4) is 0 Å². The van der Waals surface area contributed by atoms with E-state index in [0.29, 0.717) is 31.0 Å². The van der Waals surface area contributed by atoms with Crippen LogP contribution in [-0.4, -0.2) is 46.8 Å². The van der Waals surface area contributed by atoms with Crippen molar-refractivity contribution in [1.82, 2.24) is 4.90 Å². The van der Waals surface area contributed by atoms with E-state index in [2.05, 4.69) is 13.8 Å². The van der Waals surface area contributed by atoms with Gasteiger partial charge in [0, 0.05) is 31.2 Å². The van der Waals surface area contributed by atoms with Crippen LogP contribution in [0.2, 0.25) is 0 Å². The molecular formula is C17H25NO3. The van der Waals surface area contributed by atoms with Gasteiger partial charge in [0.25, 0.3) is 5.91 Å². The lowest BCUT2D eigenvalue weighted by atomic mass is 9.94. The summed E-state index contributed by atoms with van der Waals surface area (Å²) in [6.45, 7) is 5.22. The van der Waals surface area contributed by atoms with E-state index >= 15 is 0 Å². The van der Waals surface area contributed by atoms with Gasteiger partial charge in [0.15, 0.2) is 0 Å². The van der Waals surface area contributed by atoms with Crippen molar-refractivity contribution in [2.24, 2.45) is 11.8 Å². The first-order valence-corrected chi connectivity index (χ1v) is 7.68. The highest BCUT2D eigenvalue weighted by Gasteiger charge is 2.29. The number of nitrogens with zero attached hydrogens (tertiary/aromatic N) is 1. The number of hydrogen-bond acceptors (Lipinski definition) is 3. The van der Waals surface area contributed by atoms with E-state index < -0.39 is 6.10 Å². The third-order valence-electron chi connectivity index (χ3n) is 4.09. The highest BCUT2D eigenvalue weighted by molar-refractivity contribution is 5.94. The Morgan fingerprint density at radius 1 is 1.33 bits per heavy atom. The van der Waals surface area contributed by atoms with Gasteiger partial charge in [-0.25, -0.2) is 0 Å². The Labute approximate surface area is 126 Å². The Morgan fingerprint density at radius 3 is 2.52 bits per heavy atom. The van der Waals surface area contributed by atoms with Crippen LogP contribution in [0.4, 0.5) is 0 Å². The zero-order chi connectivity index (χ0) is 15.4. The fourth-order valence-electron chi connectivity index (χ4n) is 2.82. The first-order chi connectivity index (χ1) is 10.0. The molecule has 1 heterocycles. The maximum Gasteiger partial charge on any atom is 0.253 e. The van der Waals surface area contributed by atoms with Crippen LogP contribution in [0, 0.1) is 11.8 Å². The Balaban J connectivity index is 2.00. The predicted molar refractivity (Wildman–Crippen MR) is 82.1 cm³/mol. The first-order valence-electron chi connectivity index (χ1n) is 7.68. The van der Waals surface area contributed by atoms with E-state index in [1.807, 2.05) is 24.3 Å². The molecule has 1 aromatic carbocycles. The number of amides is 1. The number of hydrogen-bond donors (Lipinski definition) is 2. The predicted octanol–water partition coefficient (Wildman–Crippen LogP) is 1.70. The number of aliphatic hydroxyl groups is 2. The summed E-state index contributed by atoms with van der Waals surface area (Å²) in [5.74, 6) is 0.447. The van der Waals surface area contributed by atoms with Crippen LogP contribution in [0.1, 0.15) is 36.2 Å². The minimum absolute atomic E-state index is 0.0207. The molecule has 2 atom stereocenters. The Bertz CT molecular complexity index is 469. The van der Waals surface area contributed by atoms with Crippen molar-refractivity contribution < 1.29 is 15.0 Å². The molecule has 21 heavy (non-hydrogen) atoms. The summed E-state index contributed by atoms with van der Waals surface area (Å²) in [7, 11) is 0. The van der Waals surface area contributed by atoms with Crippen molar-refractivity contribution in [1.29, 1.82) is 0 Å². The Morgan fingerprint density at radius 2 is 2.00 bits per heavy atom. The fraction of sp³-hybridized carbons (Fsp3) is 0.588. The lowest BCUT2D eigenvalue weighted by Crippen LogP contribution is -2.47. The molecule has 0 aromatic heterocycles. The molecule has 1 aromatic rings. The average Bonchev–Trinajstić information content (AvgIpc) is 2.46. The standard InChI is InChI=1S/C17H25NO3/c1-12(2)9-13-3-5-14(6-4-13)17(21)18-8-7-15(11-19)16(20)10-18/h3-6,12,15-16,19-20H,7-11H2,1-2H3/t15-,16-/m1/s1. The summed E-state index contributed by atoms with van der Waals surface area (Å²) < 4.78 is 0. The second-order valence-electron chi connectivity index (χ2n) is 6.34. The normalized spacial score (nSPS) is 22.6. The second-order valence-corrected chi connectivity index (χ2v) is 6.34. The Hall–Kier alpha value is -1.39. The zero-order valence-corrected chi connectivity index (χ0v) is 12.8. The maximum absolute atomic E-state index is 12.4. The van der Waals surface area contributed by atoms with Crippen molar-refractivity contribution in [2.45, 2.75) is 32.8 Å². The number of β-amino-alcohol motifs (C(OH)–C–C–N with tert-alkyl or cyclic N) is 1. The number of benzene rings is 1. The SMILES string of the molecule is CC(C)Cc1ccc(C(=O)N2CC[C@H](CO)[C@H](O)C2)cc1. The van der Waals surface area contributed by atoms with Crippen molar-refractivity contribution in [2.75, 3.05) is 19.7 Å². The van der Waals surface area contributed by atoms with Crippen LogP contribution in [0.15, 0.2) is 24.3 Å². The number of rotatable bonds is 4. The molecule has 4 heteroatoms. The number of likely N-dealkylation sites (tertiary alicyclic amines) is 1. The molecule has 0 spiro atoms. The van der Waals surface area contributed by atoms with Crippen molar-refractivity contribution >= 4 is 5.91 Å². The van der Waals surface area contributed by atoms with Crippen LogP contribution in [-0.2, 0) is 6.42 Å². The molecule has 0 saturated carbocycles. The summed E-state index contributed by atoms with van der Waals surface area (Å²) in [6.07, 6.45) is 1.03. The molecule has 1 aliphatic heterocycles. The van der Waals surface area contributed by atoms with E-state index in [0.717, 1.165) is 6.42 Å². The molecule has 116 valence electrons. The van der Waals surface area contributed by atoms with Crippen LogP contribution < -0.4 is 0 Å². The summed E-state index contributed by atoms with van der Waals surface area (Å²) in [5.41, 5.74) is 1.90. The molecule has 0 unspecified atom stereocenters. The highest BCUT2D eigenvalue weighted by Crippen LogP contribution is 2.19. The molecule has 1 aliphatic rings. The molecule has 1 fully saturated rings. The molecular weight excluding hydrogens is 266 g/mol. The van der Waals surface area contributed by atoms with Crippen LogP contribution in [0.25, 0.3) is 0 Å². The van der Waals surface area contributed by atoms with Gasteiger partial charge < -0.3 is 15.1 Å². The molecule has 0 bridgehead atoms. The van der Waals surface area contributed by atoms with E-state index in [1.165, 1.54) is 5.56 Å². The van der Waals surface area contributed by atoms with Gasteiger partial charge in [-0.3, -0.25) is 4.79 Å². The summed E-state index contributed by atoms with van der Waals surface area (Å²) in [4.78, 5) is 14.1. The van der Waals surface area contributed by atoms with E-state index in [9.17, 15) is 9.90 Å². The molecule has 2 N–H and O–H groups in total. The minimum Gasteiger partial charge on any atom is -0.396 e. The van der Waals surface area contributed by atoms with Gasteiger partial charge in [-0.15, -0.1) is 0 Å². The number of carbonyl (C=O) groups excluding carboxylic acids is 1. The quantitative estimate of drug-likeness (QED) is 0.887. The van der Waals surface area contributed by atoms with Gasteiger partial charge in [-0.2, -0.15) is 0 Å². The molecule has 4 nitrogen and oxygen atoms in total. The topological polar surface area (TPSA) is 60.8 Å². The second kappa shape index (κ2) is 7.05. The molecule has 2 rings (SSSR count). The molecule has 1 amide bonds. The van der Waals surface area contributed by atoms with E-state index in [1.54, 1.807) is 4.90 Å². The van der Waals surface area contributed by atoms with Crippen LogP contribution >= 0.6 is 0 Å². The van der Waals surface area contributed by atoms with Gasteiger partial charge in [0.2, 0.25) is 0 Å². The minimum atomic E-state index is -0.632. The zero-order valence-electron chi connectivity index (χ0n) is 12.8. The summed E-state index contributed by atoms with van der Waals surface area (Å²) in [5, 5.41) is 19.1.